The lowest BCUT2D eigenvalue weighted by atomic mass is 10.1. The van der Waals surface area contributed by atoms with Gasteiger partial charge < -0.3 is 10.4 Å². The average Bonchev–Trinajstić information content (AvgIpc) is 2.38. The Kier molecular flexibility index (Phi) is 5.12. The predicted octanol–water partition coefficient (Wildman–Crippen LogP) is 2.55. The molecule has 0 saturated carbocycles. The Bertz CT molecular complexity index is 483. The van der Waals surface area contributed by atoms with Crippen LogP contribution in [0.5, 0.6) is 0 Å². The van der Waals surface area contributed by atoms with E-state index in [1.807, 2.05) is 0 Å². The number of rotatable bonds is 5. The number of hydrogen-bond acceptors (Lipinski definition) is 2. The molecule has 1 aromatic rings. The summed E-state index contributed by atoms with van der Waals surface area (Å²) in [5.74, 6) is -2.34. The number of carbonyl (C=O) groups is 2. The van der Waals surface area contributed by atoms with Gasteiger partial charge in [0.15, 0.2) is 0 Å². The number of nitrogens with one attached hydrogen (secondary N) is 1. The number of hydrogen-bond donors (Lipinski definition) is 2. The largest absolute Gasteiger partial charge is 0.481 e. The van der Waals surface area contributed by atoms with Crippen molar-refractivity contribution < 1.29 is 27.9 Å². The molecule has 0 bridgehead atoms. The van der Waals surface area contributed by atoms with Crippen LogP contribution in [0.25, 0.3) is 0 Å². The number of alkyl halides is 3. The molecule has 1 rings (SSSR count). The molecule has 1 unspecified atom stereocenters. The minimum absolute atomic E-state index is 0.0539. The lowest BCUT2D eigenvalue weighted by Gasteiger charge is -2.11. The summed E-state index contributed by atoms with van der Waals surface area (Å²) in [5, 5.41) is 11.2. The van der Waals surface area contributed by atoms with E-state index in [1.54, 1.807) is 6.92 Å². The number of carboxylic acids is 1. The maximum atomic E-state index is 12.3. The summed E-state index contributed by atoms with van der Waals surface area (Å²) in [6.45, 7) is 1.61. The lowest BCUT2D eigenvalue weighted by Crippen LogP contribution is -2.32. The second kappa shape index (κ2) is 6.40. The number of carboxylic acid groups (broad SMARTS) is 1. The van der Waals surface area contributed by atoms with Crippen molar-refractivity contribution in [2.45, 2.75) is 19.5 Å². The highest BCUT2D eigenvalue weighted by Crippen LogP contribution is 2.29. The molecule has 0 aliphatic rings. The first-order valence-corrected chi connectivity index (χ1v) is 5.94. The Morgan fingerprint density at radius 1 is 1.25 bits per heavy atom. The second-order valence-corrected chi connectivity index (χ2v) is 4.23. The number of halogens is 3. The van der Waals surface area contributed by atoms with Crippen molar-refractivity contribution in [3.05, 3.63) is 35.4 Å². The van der Waals surface area contributed by atoms with Crippen LogP contribution in [0.2, 0.25) is 0 Å². The zero-order chi connectivity index (χ0) is 15.3. The first kappa shape index (κ1) is 16.0. The van der Waals surface area contributed by atoms with Gasteiger partial charge in [-0.05, 0) is 30.7 Å². The van der Waals surface area contributed by atoms with Crippen molar-refractivity contribution in [2.24, 2.45) is 5.92 Å². The smallest absolute Gasteiger partial charge is 0.416 e. The third-order valence-electron chi connectivity index (χ3n) is 2.83. The summed E-state index contributed by atoms with van der Waals surface area (Å²) >= 11 is 0. The van der Waals surface area contributed by atoms with Gasteiger partial charge in [0, 0.05) is 12.1 Å². The molecule has 0 aliphatic heterocycles. The number of carbonyl (C=O) groups excluding carboxylic acids is 1. The molecule has 0 spiro atoms. The molecule has 0 heterocycles. The molecular formula is C13H14F3NO3. The highest BCUT2D eigenvalue weighted by atomic mass is 19.4. The molecule has 0 radical (unpaired) electrons. The maximum Gasteiger partial charge on any atom is 0.416 e. The van der Waals surface area contributed by atoms with Gasteiger partial charge in [0.25, 0.3) is 5.91 Å². The number of amides is 1. The highest BCUT2D eigenvalue weighted by Gasteiger charge is 2.30. The van der Waals surface area contributed by atoms with Crippen molar-refractivity contribution in [2.75, 3.05) is 6.54 Å². The highest BCUT2D eigenvalue weighted by molar-refractivity contribution is 5.94. The van der Waals surface area contributed by atoms with Gasteiger partial charge in [0.1, 0.15) is 0 Å². The molecule has 1 amide bonds. The van der Waals surface area contributed by atoms with E-state index in [0.717, 1.165) is 24.3 Å². The molecule has 20 heavy (non-hydrogen) atoms. The zero-order valence-corrected chi connectivity index (χ0v) is 10.7. The molecule has 0 saturated heterocycles. The van der Waals surface area contributed by atoms with E-state index in [4.69, 9.17) is 5.11 Å². The summed E-state index contributed by atoms with van der Waals surface area (Å²) in [6.07, 6.45) is -4.10. The number of benzene rings is 1. The summed E-state index contributed by atoms with van der Waals surface area (Å²) in [5.41, 5.74) is -0.788. The molecule has 4 nitrogen and oxygen atoms in total. The Morgan fingerprint density at radius 2 is 1.80 bits per heavy atom. The molecule has 1 aromatic carbocycles. The summed E-state index contributed by atoms with van der Waals surface area (Å²) in [6, 6.07) is 3.73. The fourth-order valence-corrected chi connectivity index (χ4v) is 1.53. The van der Waals surface area contributed by atoms with E-state index in [2.05, 4.69) is 5.32 Å². The average molecular weight is 289 g/mol. The SMILES string of the molecule is CCC(CNC(=O)c1ccc(C(F)(F)F)cc1)C(=O)O. The van der Waals surface area contributed by atoms with E-state index >= 15 is 0 Å². The van der Waals surface area contributed by atoms with Gasteiger partial charge in [-0.25, -0.2) is 0 Å². The van der Waals surface area contributed by atoms with Crippen LogP contribution >= 0.6 is 0 Å². The van der Waals surface area contributed by atoms with Crippen LogP contribution in [0.15, 0.2) is 24.3 Å². The molecule has 0 fully saturated rings. The Hall–Kier alpha value is -2.05. The molecule has 7 heteroatoms. The molecule has 0 aromatic heterocycles. The zero-order valence-electron chi connectivity index (χ0n) is 10.7. The second-order valence-electron chi connectivity index (χ2n) is 4.23. The fraction of sp³-hybridized carbons (Fsp3) is 0.385. The standard InChI is InChI=1S/C13H14F3NO3/c1-2-8(12(19)20)7-17-11(18)9-3-5-10(6-4-9)13(14,15)16/h3-6,8H,2,7H2,1H3,(H,17,18)(H,19,20). The minimum Gasteiger partial charge on any atom is -0.481 e. The van der Waals surface area contributed by atoms with Gasteiger partial charge in [0.2, 0.25) is 0 Å². The van der Waals surface area contributed by atoms with Gasteiger partial charge in [-0.3, -0.25) is 9.59 Å². The van der Waals surface area contributed by atoms with Crippen molar-refractivity contribution in [1.82, 2.24) is 5.32 Å². The van der Waals surface area contributed by atoms with Crippen LogP contribution in [-0.4, -0.2) is 23.5 Å². The Labute approximate surface area is 113 Å². The third kappa shape index (κ3) is 4.25. The van der Waals surface area contributed by atoms with E-state index < -0.39 is 29.5 Å². The quantitative estimate of drug-likeness (QED) is 0.875. The van der Waals surface area contributed by atoms with Crippen LogP contribution < -0.4 is 5.32 Å². The van der Waals surface area contributed by atoms with Gasteiger partial charge >= 0.3 is 12.1 Å². The maximum absolute atomic E-state index is 12.3. The Morgan fingerprint density at radius 3 is 2.20 bits per heavy atom. The van der Waals surface area contributed by atoms with E-state index in [0.29, 0.717) is 6.42 Å². The first-order valence-electron chi connectivity index (χ1n) is 5.94. The minimum atomic E-state index is -4.45. The normalized spacial score (nSPS) is 12.8. The molecule has 1 atom stereocenters. The van der Waals surface area contributed by atoms with Crippen molar-refractivity contribution in [3.8, 4) is 0 Å². The van der Waals surface area contributed by atoms with Crippen LogP contribution in [0.3, 0.4) is 0 Å². The van der Waals surface area contributed by atoms with E-state index in [9.17, 15) is 22.8 Å². The van der Waals surface area contributed by atoms with Crippen molar-refractivity contribution >= 4 is 11.9 Å². The van der Waals surface area contributed by atoms with E-state index in [1.165, 1.54) is 0 Å². The molecule has 110 valence electrons. The van der Waals surface area contributed by atoms with Crippen LogP contribution in [-0.2, 0) is 11.0 Å². The lowest BCUT2D eigenvalue weighted by molar-refractivity contribution is -0.141. The molecule has 2 N–H and O–H groups in total. The summed E-state index contributed by atoms with van der Waals surface area (Å²) < 4.78 is 37.0. The topological polar surface area (TPSA) is 66.4 Å². The predicted molar refractivity (Wildman–Crippen MR) is 65.2 cm³/mol. The summed E-state index contributed by atoms with van der Waals surface area (Å²) in [4.78, 5) is 22.4. The molecular weight excluding hydrogens is 275 g/mol. The van der Waals surface area contributed by atoms with E-state index in [-0.39, 0.29) is 12.1 Å². The van der Waals surface area contributed by atoms with Crippen LogP contribution in [0.1, 0.15) is 29.3 Å². The van der Waals surface area contributed by atoms with Crippen LogP contribution in [0, 0.1) is 5.92 Å². The van der Waals surface area contributed by atoms with Crippen molar-refractivity contribution in [1.29, 1.82) is 0 Å². The van der Waals surface area contributed by atoms with Gasteiger partial charge in [-0.2, -0.15) is 13.2 Å². The monoisotopic (exact) mass is 289 g/mol. The van der Waals surface area contributed by atoms with Gasteiger partial charge in [-0.15, -0.1) is 0 Å². The summed E-state index contributed by atoms with van der Waals surface area (Å²) in [7, 11) is 0. The van der Waals surface area contributed by atoms with Gasteiger partial charge in [-0.1, -0.05) is 6.92 Å². The number of aliphatic carboxylic acids is 1. The first-order chi connectivity index (χ1) is 9.25. The van der Waals surface area contributed by atoms with Crippen molar-refractivity contribution in [3.63, 3.8) is 0 Å². The molecule has 0 aliphatic carbocycles. The fourth-order valence-electron chi connectivity index (χ4n) is 1.53. The third-order valence-corrected chi connectivity index (χ3v) is 2.83. The van der Waals surface area contributed by atoms with Gasteiger partial charge in [0.05, 0.1) is 11.5 Å². The Balaban J connectivity index is 2.67. The van der Waals surface area contributed by atoms with Crippen LogP contribution in [0.4, 0.5) is 13.2 Å².